The topological polar surface area (TPSA) is 105 Å². The van der Waals surface area contributed by atoms with E-state index in [1.165, 1.54) is 0 Å². The summed E-state index contributed by atoms with van der Waals surface area (Å²) in [6, 6.07) is 16.6. The van der Waals surface area contributed by atoms with E-state index in [4.69, 9.17) is 0 Å². The highest BCUT2D eigenvalue weighted by Crippen LogP contribution is 2.05. The third-order valence-electron chi connectivity index (χ3n) is 2.21. The second-order valence-corrected chi connectivity index (χ2v) is 3.47. The zero-order valence-electron chi connectivity index (χ0n) is 10.6. The van der Waals surface area contributed by atoms with Gasteiger partial charge in [0, 0.05) is 0 Å². The molecule has 2 aromatic carbocycles. The van der Waals surface area contributed by atoms with Gasteiger partial charge in [-0.05, 0) is 24.3 Å². The van der Waals surface area contributed by atoms with Crippen LogP contribution in [0.2, 0.25) is 0 Å². The van der Waals surface area contributed by atoms with E-state index in [9.17, 15) is 9.59 Å². The number of hydrogen-bond acceptors (Lipinski definition) is 6. The molecule has 0 amide bonds. The van der Waals surface area contributed by atoms with Crippen LogP contribution in [0.4, 0.5) is 0 Å². The summed E-state index contributed by atoms with van der Waals surface area (Å²) in [6.45, 7) is 0. The van der Waals surface area contributed by atoms with E-state index >= 15 is 0 Å². The molecule has 2 rings (SSSR count). The third kappa shape index (κ3) is 4.52. The summed E-state index contributed by atoms with van der Waals surface area (Å²) in [5.41, 5.74) is 0.636. The van der Waals surface area contributed by atoms with E-state index in [0.717, 1.165) is 0 Å². The molecule has 20 heavy (non-hydrogen) atoms. The molecular weight excluding hydrogens is 260 g/mol. The fourth-order valence-corrected chi connectivity index (χ4v) is 1.32. The van der Waals surface area contributed by atoms with Crippen molar-refractivity contribution >= 4 is 11.9 Å². The van der Waals surface area contributed by atoms with Crippen LogP contribution >= 0.6 is 0 Å². The van der Waals surface area contributed by atoms with Crippen molar-refractivity contribution in [3.8, 4) is 0 Å². The van der Waals surface area contributed by atoms with Gasteiger partial charge in [-0.15, -0.1) is 0 Å². The molecule has 0 unspecified atom stereocenters. The van der Waals surface area contributed by atoms with Crippen molar-refractivity contribution < 1.29 is 19.4 Å². The summed E-state index contributed by atoms with van der Waals surface area (Å²) < 4.78 is 0. The Balaban J connectivity index is 0.000000956. The maximum atomic E-state index is 11.5. The summed E-state index contributed by atoms with van der Waals surface area (Å²) in [4.78, 5) is 31.9. The smallest absolute Gasteiger partial charge is 0.274 e. The quantitative estimate of drug-likeness (QED) is 0.487. The number of rotatable bonds is 2. The number of carbonyl (C=O) groups is 2. The van der Waals surface area contributed by atoms with Crippen LogP contribution in [0, 0.1) is 0 Å². The summed E-state index contributed by atoms with van der Waals surface area (Å²) in [7, 11) is 0. The van der Waals surface area contributed by atoms with Gasteiger partial charge in [0.05, 0.1) is 11.1 Å². The Bertz CT molecular complexity index is 492. The van der Waals surface area contributed by atoms with Gasteiger partial charge in [-0.2, -0.15) is 0 Å². The molecule has 0 radical (unpaired) electrons. The molecule has 0 fully saturated rings. The number of benzene rings is 2. The molecule has 6 heteroatoms. The Morgan fingerprint density at radius 2 is 0.950 bits per heavy atom. The Hall–Kier alpha value is -2.70. The van der Waals surface area contributed by atoms with Crippen LogP contribution in [0.3, 0.4) is 0 Å². The van der Waals surface area contributed by atoms with Gasteiger partial charge in [0.25, 0.3) is 0 Å². The number of carbonyl (C=O) groups excluding carboxylic acids is 2. The summed E-state index contributed by atoms with van der Waals surface area (Å²) in [5.74, 6) is 6.58. The van der Waals surface area contributed by atoms with Crippen LogP contribution in [0.25, 0.3) is 0 Å². The van der Waals surface area contributed by atoms with Gasteiger partial charge in [0.1, 0.15) is 0 Å². The lowest BCUT2D eigenvalue weighted by Gasteiger charge is -2.02. The van der Waals surface area contributed by atoms with Crippen LogP contribution in [0.15, 0.2) is 60.7 Å². The molecule has 104 valence electrons. The second-order valence-electron chi connectivity index (χ2n) is 3.47. The predicted octanol–water partition coefficient (Wildman–Crippen LogP) is 1.43. The standard InChI is InChI=1S/C14H10O4.H4N2/c15-13(11-7-3-1-4-8-11)17-18-14(16)12-9-5-2-6-10-12;1-2/h1-10H;1-2H2. The van der Waals surface area contributed by atoms with Crippen molar-refractivity contribution in [2.24, 2.45) is 11.7 Å². The highest BCUT2D eigenvalue weighted by Gasteiger charge is 2.12. The first kappa shape index (κ1) is 15.4. The van der Waals surface area contributed by atoms with Crippen LogP contribution in [0.1, 0.15) is 20.7 Å². The minimum atomic E-state index is -0.708. The molecule has 0 saturated heterocycles. The molecular formula is C14H14N2O4. The lowest BCUT2D eigenvalue weighted by molar-refractivity contribution is -0.187. The molecule has 0 saturated carbocycles. The molecule has 0 spiro atoms. The van der Waals surface area contributed by atoms with Crippen LogP contribution in [-0.2, 0) is 9.78 Å². The zero-order chi connectivity index (χ0) is 14.8. The largest absolute Gasteiger partial charge is 0.386 e. The van der Waals surface area contributed by atoms with Gasteiger partial charge in [0.15, 0.2) is 0 Å². The summed E-state index contributed by atoms with van der Waals surface area (Å²) in [6.07, 6.45) is 0. The average Bonchev–Trinajstić information content (AvgIpc) is 2.55. The van der Waals surface area contributed by atoms with Gasteiger partial charge in [-0.25, -0.2) is 19.4 Å². The molecule has 0 aliphatic carbocycles. The van der Waals surface area contributed by atoms with Crippen molar-refractivity contribution in [2.75, 3.05) is 0 Å². The van der Waals surface area contributed by atoms with Gasteiger partial charge >= 0.3 is 11.9 Å². The molecule has 0 aliphatic rings. The molecule has 6 nitrogen and oxygen atoms in total. The summed E-state index contributed by atoms with van der Waals surface area (Å²) in [5, 5.41) is 0. The lowest BCUT2D eigenvalue weighted by atomic mass is 10.2. The fourth-order valence-electron chi connectivity index (χ4n) is 1.32. The fraction of sp³-hybridized carbons (Fsp3) is 0. The Kier molecular flexibility index (Phi) is 6.46. The zero-order valence-corrected chi connectivity index (χ0v) is 10.6. The Morgan fingerprint density at radius 1 is 0.650 bits per heavy atom. The van der Waals surface area contributed by atoms with Crippen molar-refractivity contribution in [1.82, 2.24) is 0 Å². The number of hydrogen-bond donors (Lipinski definition) is 2. The van der Waals surface area contributed by atoms with E-state index < -0.39 is 11.9 Å². The first-order valence-electron chi connectivity index (χ1n) is 5.64. The second kappa shape index (κ2) is 8.41. The maximum absolute atomic E-state index is 11.5. The van der Waals surface area contributed by atoms with E-state index in [-0.39, 0.29) is 0 Å². The third-order valence-corrected chi connectivity index (χ3v) is 2.21. The molecule has 0 aromatic heterocycles. The lowest BCUT2D eigenvalue weighted by Crippen LogP contribution is -2.11. The Morgan fingerprint density at radius 3 is 1.25 bits per heavy atom. The summed E-state index contributed by atoms with van der Waals surface area (Å²) >= 11 is 0. The molecule has 4 N–H and O–H groups in total. The average molecular weight is 274 g/mol. The number of nitrogens with two attached hydrogens (primary N) is 2. The van der Waals surface area contributed by atoms with Crippen LogP contribution in [-0.4, -0.2) is 11.9 Å². The first-order valence-corrected chi connectivity index (χ1v) is 5.64. The molecule has 2 aromatic rings. The highest BCUT2D eigenvalue weighted by atomic mass is 17.2. The molecule has 0 heterocycles. The monoisotopic (exact) mass is 274 g/mol. The minimum Gasteiger partial charge on any atom is -0.274 e. The van der Waals surface area contributed by atoms with E-state index in [1.54, 1.807) is 60.7 Å². The van der Waals surface area contributed by atoms with Crippen molar-refractivity contribution in [3.63, 3.8) is 0 Å². The van der Waals surface area contributed by atoms with Crippen molar-refractivity contribution in [2.45, 2.75) is 0 Å². The van der Waals surface area contributed by atoms with E-state index in [0.29, 0.717) is 11.1 Å². The van der Waals surface area contributed by atoms with Gasteiger partial charge in [0.2, 0.25) is 0 Å². The maximum Gasteiger partial charge on any atom is 0.386 e. The normalized spacial score (nSPS) is 8.90. The Labute approximate surface area is 115 Å². The minimum absolute atomic E-state index is 0.318. The van der Waals surface area contributed by atoms with Crippen molar-refractivity contribution in [1.29, 1.82) is 0 Å². The molecule has 0 atom stereocenters. The molecule has 0 aliphatic heterocycles. The van der Waals surface area contributed by atoms with E-state index in [1.807, 2.05) is 0 Å². The van der Waals surface area contributed by atoms with Crippen LogP contribution in [0.5, 0.6) is 0 Å². The number of hydrazine groups is 1. The van der Waals surface area contributed by atoms with Crippen molar-refractivity contribution in [3.05, 3.63) is 71.8 Å². The van der Waals surface area contributed by atoms with Gasteiger partial charge in [-0.3, -0.25) is 11.7 Å². The van der Waals surface area contributed by atoms with Gasteiger partial charge < -0.3 is 0 Å². The molecule has 0 bridgehead atoms. The SMILES string of the molecule is NN.O=C(OOC(=O)c1ccccc1)c1ccccc1. The van der Waals surface area contributed by atoms with Gasteiger partial charge in [-0.1, -0.05) is 36.4 Å². The first-order chi connectivity index (χ1) is 9.77. The van der Waals surface area contributed by atoms with Crippen LogP contribution < -0.4 is 11.7 Å². The van der Waals surface area contributed by atoms with E-state index in [2.05, 4.69) is 21.5 Å². The highest BCUT2D eigenvalue weighted by molar-refractivity contribution is 5.92. The predicted molar refractivity (Wildman–Crippen MR) is 72.1 cm³/mol.